The minimum atomic E-state index is -0.716. The first-order valence-electron chi connectivity index (χ1n) is 6.65. The number of halogens is 1. The molecule has 0 saturated heterocycles. The lowest BCUT2D eigenvalue weighted by molar-refractivity contribution is -0.392. The van der Waals surface area contributed by atoms with Crippen molar-refractivity contribution in [3.63, 3.8) is 0 Å². The molecule has 0 amide bonds. The maximum absolute atomic E-state index is 11.2. The Kier molecular flexibility index (Phi) is 5.82. The molecule has 0 radical (unpaired) electrons. The number of rotatable bonds is 7. The van der Waals surface area contributed by atoms with Crippen LogP contribution < -0.4 is 0 Å². The molecule has 0 aliphatic heterocycles. The van der Waals surface area contributed by atoms with Gasteiger partial charge in [0.05, 0.1) is 12.6 Å². The molecule has 1 aromatic carbocycles. The lowest BCUT2D eigenvalue weighted by Gasteiger charge is -2.10. The van der Waals surface area contributed by atoms with Crippen molar-refractivity contribution in [2.45, 2.75) is 24.6 Å². The Morgan fingerprint density at radius 1 is 1.45 bits per heavy atom. The number of aromatic nitrogens is 2. The van der Waals surface area contributed by atoms with Gasteiger partial charge >= 0.3 is 5.82 Å². The lowest BCUT2D eigenvalue weighted by atomic mass is 10.2. The minimum Gasteiger partial charge on any atom is -0.391 e. The second kappa shape index (κ2) is 7.62. The summed E-state index contributed by atoms with van der Waals surface area (Å²) in [5, 5.41) is 21.2. The molecule has 0 aliphatic carbocycles. The normalized spacial score (nSPS) is 12.3. The predicted molar refractivity (Wildman–Crippen MR) is 86.6 cm³/mol. The van der Waals surface area contributed by atoms with Crippen molar-refractivity contribution >= 4 is 29.2 Å². The number of nitrogens with zero attached hydrogens (tertiary/aromatic N) is 3. The molecule has 1 N–H and O–H groups in total. The number of benzene rings is 1. The summed E-state index contributed by atoms with van der Waals surface area (Å²) in [6.45, 7) is 2.23. The standard InChI is InChI=1S/C14H16ClN3O3S/c1-10-16-13(18(20)21)14(22-9-12(19)7-15)17(10)8-11-5-3-2-4-6-11/h2-6,12,19H,7-9H2,1H3/t12-/m1/s1. The Morgan fingerprint density at radius 2 is 2.14 bits per heavy atom. The van der Waals surface area contributed by atoms with E-state index in [9.17, 15) is 15.2 Å². The van der Waals surface area contributed by atoms with Crippen LogP contribution in [0.15, 0.2) is 35.4 Å². The Balaban J connectivity index is 2.32. The maximum Gasteiger partial charge on any atom is 0.396 e. The van der Waals surface area contributed by atoms with Crippen LogP contribution in [0, 0.1) is 17.0 Å². The summed E-state index contributed by atoms with van der Waals surface area (Å²) in [6.07, 6.45) is -0.716. The number of hydrogen-bond donors (Lipinski definition) is 1. The van der Waals surface area contributed by atoms with E-state index >= 15 is 0 Å². The number of aryl methyl sites for hydroxylation is 1. The minimum absolute atomic E-state index is 0.0899. The molecule has 118 valence electrons. The first kappa shape index (κ1) is 16.8. The van der Waals surface area contributed by atoms with Crippen LogP contribution >= 0.6 is 23.4 Å². The number of hydrogen-bond acceptors (Lipinski definition) is 5. The van der Waals surface area contributed by atoms with Crippen molar-refractivity contribution in [1.82, 2.24) is 9.55 Å². The molecule has 0 saturated carbocycles. The van der Waals surface area contributed by atoms with E-state index in [4.69, 9.17) is 11.6 Å². The first-order chi connectivity index (χ1) is 10.5. The molecule has 6 nitrogen and oxygen atoms in total. The molecular weight excluding hydrogens is 326 g/mol. The fourth-order valence-electron chi connectivity index (χ4n) is 1.96. The zero-order valence-corrected chi connectivity index (χ0v) is 13.5. The Bertz CT molecular complexity index is 648. The van der Waals surface area contributed by atoms with Gasteiger partial charge in [0, 0.05) is 18.6 Å². The molecular formula is C14H16ClN3O3S. The van der Waals surface area contributed by atoms with Gasteiger partial charge in [-0.05, 0) is 15.5 Å². The van der Waals surface area contributed by atoms with Gasteiger partial charge in [0.1, 0.15) is 0 Å². The van der Waals surface area contributed by atoms with Gasteiger partial charge in [0.15, 0.2) is 5.03 Å². The smallest absolute Gasteiger partial charge is 0.391 e. The molecule has 1 atom stereocenters. The molecule has 1 aromatic heterocycles. The molecule has 8 heteroatoms. The highest BCUT2D eigenvalue weighted by Gasteiger charge is 2.26. The summed E-state index contributed by atoms with van der Waals surface area (Å²) >= 11 is 6.77. The predicted octanol–water partition coefficient (Wildman–Crippen LogP) is 2.84. The van der Waals surface area contributed by atoms with E-state index in [1.54, 1.807) is 11.5 Å². The average molecular weight is 342 g/mol. The number of imidazole rings is 1. The number of alkyl halides is 1. The molecule has 0 fully saturated rings. The van der Waals surface area contributed by atoms with Crippen LogP contribution in [0.5, 0.6) is 0 Å². The zero-order valence-electron chi connectivity index (χ0n) is 12.0. The molecule has 0 spiro atoms. The van der Waals surface area contributed by atoms with E-state index in [1.807, 2.05) is 30.3 Å². The van der Waals surface area contributed by atoms with Gasteiger partial charge in [0.2, 0.25) is 5.82 Å². The Morgan fingerprint density at radius 3 is 2.73 bits per heavy atom. The van der Waals surface area contributed by atoms with Crippen molar-refractivity contribution < 1.29 is 10.0 Å². The summed E-state index contributed by atoms with van der Waals surface area (Å²) < 4.78 is 1.79. The molecule has 2 aromatic rings. The van der Waals surface area contributed by atoms with E-state index in [0.717, 1.165) is 5.56 Å². The number of nitro groups is 1. The van der Waals surface area contributed by atoms with Crippen molar-refractivity contribution in [1.29, 1.82) is 0 Å². The van der Waals surface area contributed by atoms with Gasteiger partial charge in [-0.1, -0.05) is 42.1 Å². The second-order valence-electron chi connectivity index (χ2n) is 4.74. The summed E-state index contributed by atoms with van der Waals surface area (Å²) in [7, 11) is 0. The van der Waals surface area contributed by atoms with Crippen LogP contribution in [0.1, 0.15) is 11.4 Å². The summed E-state index contributed by atoms with van der Waals surface area (Å²) in [4.78, 5) is 14.7. The van der Waals surface area contributed by atoms with E-state index in [0.29, 0.717) is 17.4 Å². The number of thioether (sulfide) groups is 1. The highest BCUT2D eigenvalue weighted by Crippen LogP contribution is 2.31. The summed E-state index contributed by atoms with van der Waals surface area (Å²) in [5.74, 6) is 0.760. The van der Waals surface area contributed by atoms with Crippen LogP contribution in [0.3, 0.4) is 0 Å². The molecule has 0 aliphatic rings. The lowest BCUT2D eigenvalue weighted by Crippen LogP contribution is -2.12. The zero-order chi connectivity index (χ0) is 16.1. The number of aliphatic hydroxyl groups excluding tert-OH is 1. The van der Waals surface area contributed by atoms with Crippen LogP contribution in [0.25, 0.3) is 0 Å². The maximum atomic E-state index is 11.2. The van der Waals surface area contributed by atoms with Crippen LogP contribution in [0.4, 0.5) is 5.82 Å². The Hall–Kier alpha value is -1.57. The third-order valence-electron chi connectivity index (χ3n) is 3.04. The van der Waals surface area contributed by atoms with Gasteiger partial charge in [-0.25, -0.2) is 0 Å². The van der Waals surface area contributed by atoms with Gasteiger partial charge in [-0.15, -0.1) is 11.6 Å². The van der Waals surface area contributed by atoms with Crippen LogP contribution in [-0.4, -0.2) is 37.3 Å². The monoisotopic (exact) mass is 341 g/mol. The van der Waals surface area contributed by atoms with Gasteiger partial charge in [-0.3, -0.25) is 4.57 Å². The third kappa shape index (κ3) is 4.00. The molecule has 1 heterocycles. The fourth-order valence-corrected chi connectivity index (χ4v) is 3.27. The average Bonchev–Trinajstić information content (AvgIpc) is 2.82. The molecule has 2 rings (SSSR count). The first-order valence-corrected chi connectivity index (χ1v) is 8.17. The molecule has 22 heavy (non-hydrogen) atoms. The van der Waals surface area contributed by atoms with E-state index in [2.05, 4.69) is 4.98 Å². The van der Waals surface area contributed by atoms with Crippen molar-refractivity contribution in [2.24, 2.45) is 0 Å². The van der Waals surface area contributed by atoms with Crippen LogP contribution in [0.2, 0.25) is 0 Å². The summed E-state index contributed by atoms with van der Waals surface area (Å²) in [6, 6.07) is 9.65. The largest absolute Gasteiger partial charge is 0.396 e. The fraction of sp³-hybridized carbons (Fsp3) is 0.357. The Labute approximate surface area is 137 Å². The number of aliphatic hydroxyl groups is 1. The highest BCUT2D eigenvalue weighted by molar-refractivity contribution is 7.99. The van der Waals surface area contributed by atoms with E-state index in [-0.39, 0.29) is 17.5 Å². The van der Waals surface area contributed by atoms with Crippen molar-refractivity contribution in [2.75, 3.05) is 11.6 Å². The third-order valence-corrected chi connectivity index (χ3v) is 4.63. The molecule has 0 bridgehead atoms. The topological polar surface area (TPSA) is 81.2 Å². The summed E-state index contributed by atoms with van der Waals surface area (Å²) in [5.41, 5.74) is 1.03. The quantitative estimate of drug-likeness (QED) is 0.362. The van der Waals surface area contributed by atoms with Crippen molar-refractivity contribution in [3.8, 4) is 0 Å². The molecule has 0 unspecified atom stereocenters. The van der Waals surface area contributed by atoms with Gasteiger partial charge in [-0.2, -0.15) is 0 Å². The second-order valence-corrected chi connectivity index (χ2v) is 6.05. The van der Waals surface area contributed by atoms with Gasteiger partial charge in [0.25, 0.3) is 0 Å². The van der Waals surface area contributed by atoms with E-state index in [1.165, 1.54) is 11.8 Å². The van der Waals surface area contributed by atoms with E-state index < -0.39 is 11.0 Å². The van der Waals surface area contributed by atoms with Crippen molar-refractivity contribution in [3.05, 3.63) is 51.8 Å². The highest BCUT2D eigenvalue weighted by atomic mass is 35.5. The SMILES string of the molecule is Cc1nc([N+](=O)[O-])c(SC[C@H](O)CCl)n1Cc1ccccc1. The van der Waals surface area contributed by atoms with Crippen LogP contribution in [-0.2, 0) is 6.54 Å². The van der Waals surface area contributed by atoms with Gasteiger partial charge < -0.3 is 15.2 Å².